The molecule has 6 rings (SSSR count). The zero-order valence-corrected chi connectivity index (χ0v) is 17.2. The fourth-order valence-corrected chi connectivity index (χ4v) is 6.52. The van der Waals surface area contributed by atoms with Crippen molar-refractivity contribution in [2.75, 3.05) is 0 Å². The van der Waals surface area contributed by atoms with Crippen LogP contribution in [0.15, 0.2) is 23.5 Å². The van der Waals surface area contributed by atoms with Crippen molar-refractivity contribution in [2.45, 2.75) is 64.1 Å². The number of aromatic nitrogens is 5. The van der Waals surface area contributed by atoms with Crippen molar-refractivity contribution in [3.05, 3.63) is 29.0 Å². The highest BCUT2D eigenvalue weighted by molar-refractivity contribution is 9.10. The Morgan fingerprint density at radius 2 is 2.11 bits per heavy atom. The van der Waals surface area contributed by atoms with E-state index in [1.807, 2.05) is 28.1 Å². The number of halogens is 1. The predicted octanol–water partition coefficient (Wildman–Crippen LogP) is 2.87. The molecule has 7 nitrogen and oxygen atoms in total. The number of carbonyl (C=O) groups is 1. The summed E-state index contributed by atoms with van der Waals surface area (Å²) in [5.74, 6) is 1.44. The van der Waals surface area contributed by atoms with Gasteiger partial charge in [-0.1, -0.05) is 0 Å². The van der Waals surface area contributed by atoms with Crippen LogP contribution in [0, 0.1) is 17.3 Å². The molecular formula is C19H25BrN6O. The Balaban J connectivity index is 1.37. The second-order valence-corrected chi connectivity index (χ2v) is 9.52. The summed E-state index contributed by atoms with van der Waals surface area (Å²) in [6.45, 7) is 3.46. The summed E-state index contributed by atoms with van der Waals surface area (Å²) in [5, 5.41) is 12.1. The van der Waals surface area contributed by atoms with Crippen molar-refractivity contribution in [2.24, 2.45) is 17.3 Å². The van der Waals surface area contributed by atoms with Crippen molar-refractivity contribution < 1.29 is 4.79 Å². The van der Waals surface area contributed by atoms with E-state index in [9.17, 15) is 4.79 Å². The lowest BCUT2D eigenvalue weighted by Gasteiger charge is -2.60. The quantitative estimate of drug-likeness (QED) is 0.787. The minimum absolute atomic E-state index is 0.0481. The van der Waals surface area contributed by atoms with Gasteiger partial charge in [0.25, 0.3) is 0 Å². The number of hydrogen-bond acceptors (Lipinski definition) is 4. The molecule has 4 bridgehead atoms. The van der Waals surface area contributed by atoms with Crippen molar-refractivity contribution in [3.63, 3.8) is 0 Å². The van der Waals surface area contributed by atoms with Gasteiger partial charge in [0.05, 0.1) is 17.2 Å². The summed E-state index contributed by atoms with van der Waals surface area (Å²) in [6.07, 6.45) is 12.1. The molecule has 0 spiro atoms. The molecular weight excluding hydrogens is 408 g/mol. The van der Waals surface area contributed by atoms with Crippen molar-refractivity contribution in [1.29, 1.82) is 0 Å². The molecule has 27 heavy (non-hydrogen) atoms. The third kappa shape index (κ3) is 2.83. The first-order valence-corrected chi connectivity index (χ1v) is 10.7. The summed E-state index contributed by atoms with van der Waals surface area (Å²) < 4.78 is 4.57. The van der Waals surface area contributed by atoms with Crippen LogP contribution in [0.3, 0.4) is 0 Å². The highest BCUT2D eigenvalue weighted by atomic mass is 79.9. The summed E-state index contributed by atoms with van der Waals surface area (Å²) in [6, 6.07) is 0. The van der Waals surface area contributed by atoms with E-state index < -0.39 is 0 Å². The number of hydrogen-bond donors (Lipinski definition) is 1. The van der Waals surface area contributed by atoms with Gasteiger partial charge in [0, 0.05) is 24.8 Å². The third-order valence-corrected chi connectivity index (χ3v) is 7.29. The minimum Gasteiger partial charge on any atom is -0.351 e. The second kappa shape index (κ2) is 6.15. The fourth-order valence-electron chi connectivity index (χ4n) is 6.26. The summed E-state index contributed by atoms with van der Waals surface area (Å²) >= 11 is 3.38. The first-order chi connectivity index (χ1) is 13.0. The first kappa shape index (κ1) is 17.4. The largest absolute Gasteiger partial charge is 0.351 e. The molecule has 1 N–H and O–H groups in total. The topological polar surface area (TPSA) is 77.6 Å². The molecule has 2 atom stereocenters. The maximum Gasteiger partial charge on any atom is 0.226 e. The Labute approximate surface area is 167 Å². The van der Waals surface area contributed by atoms with Crippen LogP contribution in [-0.4, -0.2) is 30.5 Å². The smallest absolute Gasteiger partial charge is 0.226 e. The average Bonchev–Trinajstić information content (AvgIpc) is 3.27. The molecule has 1 amide bonds. The number of amides is 1. The van der Waals surface area contributed by atoms with Crippen molar-refractivity contribution in [3.8, 4) is 0 Å². The Kier molecular flexibility index (Phi) is 3.97. The SMILES string of the molecule is CCn1cc(CNC(=O)C23CC4CC(C2)CC(n2cnc(Br)n2)(C4)C3)cn1. The summed E-state index contributed by atoms with van der Waals surface area (Å²) in [5.41, 5.74) is 0.751. The van der Waals surface area contributed by atoms with Gasteiger partial charge in [-0.3, -0.25) is 9.48 Å². The lowest BCUT2D eigenvalue weighted by atomic mass is 9.46. The minimum atomic E-state index is -0.261. The van der Waals surface area contributed by atoms with E-state index in [0.717, 1.165) is 44.2 Å². The highest BCUT2D eigenvalue weighted by Gasteiger charge is 2.61. The molecule has 4 saturated carbocycles. The monoisotopic (exact) mass is 432 g/mol. The van der Waals surface area contributed by atoms with Gasteiger partial charge in [0.1, 0.15) is 6.33 Å². The van der Waals surface area contributed by atoms with Crippen LogP contribution >= 0.6 is 15.9 Å². The van der Waals surface area contributed by atoms with Crippen LogP contribution in [0.5, 0.6) is 0 Å². The van der Waals surface area contributed by atoms with Gasteiger partial charge in [-0.2, -0.15) is 5.10 Å². The second-order valence-electron chi connectivity index (χ2n) is 8.81. The summed E-state index contributed by atoms with van der Waals surface area (Å²) in [4.78, 5) is 17.6. The Morgan fingerprint density at radius 1 is 1.33 bits per heavy atom. The van der Waals surface area contributed by atoms with Crippen LogP contribution in [0.25, 0.3) is 0 Å². The van der Waals surface area contributed by atoms with E-state index in [2.05, 4.69) is 43.4 Å². The number of rotatable bonds is 5. The number of nitrogens with one attached hydrogen (secondary N) is 1. The lowest BCUT2D eigenvalue weighted by Crippen LogP contribution is -2.61. The standard InChI is InChI=1S/C19H25BrN6O/c1-2-25-10-15(9-23-25)8-21-16(27)18-4-13-3-14(5-18)7-19(6-13,11-18)26-12-22-17(20)24-26/h9-10,12-14H,2-8,11H2,1H3,(H,21,27). The van der Waals surface area contributed by atoms with Gasteiger partial charge in [-0.15, -0.1) is 5.10 Å². The van der Waals surface area contributed by atoms with Crippen LogP contribution in [0.1, 0.15) is 51.0 Å². The maximum atomic E-state index is 13.3. The molecule has 0 aromatic carbocycles. The van der Waals surface area contributed by atoms with Crippen molar-refractivity contribution >= 4 is 21.8 Å². The molecule has 2 aromatic heterocycles. The van der Waals surface area contributed by atoms with Gasteiger partial charge in [0.2, 0.25) is 10.6 Å². The number of nitrogens with zero attached hydrogens (tertiary/aromatic N) is 5. The Hall–Kier alpha value is -1.70. The maximum absolute atomic E-state index is 13.3. The molecule has 0 radical (unpaired) electrons. The molecule has 4 aliphatic rings. The predicted molar refractivity (Wildman–Crippen MR) is 103 cm³/mol. The van der Waals surface area contributed by atoms with E-state index in [4.69, 9.17) is 0 Å². The van der Waals surface area contributed by atoms with E-state index >= 15 is 0 Å². The first-order valence-electron chi connectivity index (χ1n) is 9.88. The van der Waals surface area contributed by atoms with Crippen LogP contribution in [0.4, 0.5) is 0 Å². The molecule has 2 aromatic rings. The molecule has 2 heterocycles. The van der Waals surface area contributed by atoms with Crippen LogP contribution < -0.4 is 5.32 Å². The zero-order chi connectivity index (χ0) is 18.6. The van der Waals surface area contributed by atoms with Crippen LogP contribution in [0.2, 0.25) is 0 Å². The fraction of sp³-hybridized carbons (Fsp3) is 0.684. The van der Waals surface area contributed by atoms with Gasteiger partial charge in [-0.25, -0.2) is 9.67 Å². The normalized spacial score (nSPS) is 34.1. The van der Waals surface area contributed by atoms with Gasteiger partial charge < -0.3 is 5.32 Å². The van der Waals surface area contributed by atoms with E-state index in [0.29, 0.717) is 23.1 Å². The van der Waals surface area contributed by atoms with Crippen LogP contribution in [-0.2, 0) is 23.4 Å². The molecule has 8 heteroatoms. The molecule has 4 aliphatic carbocycles. The molecule has 2 unspecified atom stereocenters. The van der Waals surface area contributed by atoms with E-state index in [1.54, 1.807) is 0 Å². The van der Waals surface area contributed by atoms with E-state index in [1.165, 1.54) is 6.42 Å². The van der Waals surface area contributed by atoms with Gasteiger partial charge in [0.15, 0.2) is 0 Å². The molecule has 144 valence electrons. The third-order valence-electron chi connectivity index (χ3n) is 6.93. The number of aryl methyl sites for hydroxylation is 1. The Morgan fingerprint density at radius 3 is 2.74 bits per heavy atom. The number of carbonyl (C=O) groups excluding carboxylic acids is 1. The Bertz CT molecular complexity index is 859. The van der Waals surface area contributed by atoms with Gasteiger partial charge in [-0.05, 0) is 73.2 Å². The van der Waals surface area contributed by atoms with Gasteiger partial charge >= 0.3 is 0 Å². The zero-order valence-electron chi connectivity index (χ0n) is 15.6. The molecule has 0 aliphatic heterocycles. The average molecular weight is 433 g/mol. The highest BCUT2D eigenvalue weighted by Crippen LogP contribution is 2.64. The van der Waals surface area contributed by atoms with E-state index in [-0.39, 0.29) is 16.9 Å². The summed E-state index contributed by atoms with van der Waals surface area (Å²) in [7, 11) is 0. The molecule has 0 saturated heterocycles. The molecule has 4 fully saturated rings. The van der Waals surface area contributed by atoms with Crippen molar-refractivity contribution in [1.82, 2.24) is 29.9 Å². The lowest BCUT2D eigenvalue weighted by molar-refractivity contribution is -0.156.